The van der Waals surface area contributed by atoms with Crippen molar-refractivity contribution in [1.29, 1.82) is 0 Å². The first kappa shape index (κ1) is 11.3. The van der Waals surface area contributed by atoms with Crippen LogP contribution in [0.15, 0.2) is 36.5 Å². The molecule has 1 heteroatoms. The molecule has 3 aliphatic carbocycles. The van der Waals surface area contributed by atoms with Crippen molar-refractivity contribution in [3.8, 4) is 0 Å². The Morgan fingerprint density at radius 3 is 2.95 bits per heavy atom. The molecule has 3 saturated carbocycles. The van der Waals surface area contributed by atoms with Crippen molar-refractivity contribution >= 4 is 10.9 Å². The van der Waals surface area contributed by atoms with E-state index in [1.807, 2.05) is 6.20 Å². The van der Waals surface area contributed by atoms with Crippen LogP contribution < -0.4 is 0 Å². The maximum Gasteiger partial charge on any atom is 0.0704 e. The van der Waals surface area contributed by atoms with Crippen molar-refractivity contribution in [3.63, 3.8) is 0 Å². The molecule has 0 radical (unpaired) electrons. The quantitative estimate of drug-likeness (QED) is 0.779. The topological polar surface area (TPSA) is 12.9 Å². The molecule has 1 aromatic heterocycles. The Balaban J connectivity index is 1.48. The molecule has 1 heterocycles. The highest BCUT2D eigenvalue weighted by atomic mass is 14.8. The summed E-state index contributed by atoms with van der Waals surface area (Å²) in [6, 6.07) is 10.9. The van der Waals surface area contributed by atoms with E-state index in [0.29, 0.717) is 0 Å². The molecule has 5 rings (SSSR count). The zero-order chi connectivity index (χ0) is 13.3. The fourth-order valence-corrected chi connectivity index (χ4v) is 5.98. The van der Waals surface area contributed by atoms with Crippen LogP contribution in [0.25, 0.3) is 10.9 Å². The van der Waals surface area contributed by atoms with Crippen molar-refractivity contribution in [2.75, 3.05) is 0 Å². The smallest absolute Gasteiger partial charge is 0.0704 e. The Hall–Kier alpha value is -1.37. The number of para-hydroxylation sites is 1. The Morgan fingerprint density at radius 2 is 2.15 bits per heavy atom. The van der Waals surface area contributed by atoms with E-state index in [2.05, 4.69) is 42.2 Å². The van der Waals surface area contributed by atoms with Crippen molar-refractivity contribution in [2.24, 2.45) is 29.1 Å². The van der Waals surface area contributed by atoms with Crippen molar-refractivity contribution in [3.05, 3.63) is 42.1 Å². The third-order valence-corrected chi connectivity index (χ3v) is 6.87. The fourth-order valence-electron chi connectivity index (χ4n) is 5.98. The molecule has 0 spiro atoms. The summed E-state index contributed by atoms with van der Waals surface area (Å²) in [6.07, 6.45) is 7.80. The largest absolute Gasteiger partial charge is 0.256 e. The Kier molecular flexibility index (Phi) is 2.05. The van der Waals surface area contributed by atoms with Gasteiger partial charge in [-0.15, -0.1) is 0 Å². The van der Waals surface area contributed by atoms with Crippen LogP contribution in [-0.2, 0) is 6.42 Å². The van der Waals surface area contributed by atoms with Gasteiger partial charge in [0.1, 0.15) is 0 Å². The SMILES string of the molecule is CC1C2C3CC[C@@]12CC3Cc1ccnc2ccccc12. The van der Waals surface area contributed by atoms with Crippen molar-refractivity contribution in [1.82, 2.24) is 4.98 Å². The minimum Gasteiger partial charge on any atom is -0.256 e. The highest BCUT2D eigenvalue weighted by molar-refractivity contribution is 5.81. The van der Waals surface area contributed by atoms with Crippen LogP contribution in [0.4, 0.5) is 0 Å². The van der Waals surface area contributed by atoms with Crippen LogP contribution in [0.1, 0.15) is 31.7 Å². The van der Waals surface area contributed by atoms with Gasteiger partial charge in [-0.2, -0.15) is 0 Å². The molecule has 3 fully saturated rings. The molecule has 5 atom stereocenters. The lowest BCUT2D eigenvalue weighted by Gasteiger charge is -2.30. The van der Waals surface area contributed by atoms with Gasteiger partial charge in [-0.05, 0) is 72.5 Å². The highest BCUT2D eigenvalue weighted by Gasteiger charge is 2.73. The zero-order valence-corrected chi connectivity index (χ0v) is 12.0. The highest BCUT2D eigenvalue weighted by Crippen LogP contribution is 2.79. The molecule has 2 bridgehead atoms. The van der Waals surface area contributed by atoms with E-state index in [-0.39, 0.29) is 0 Å². The Bertz CT molecular complexity index is 686. The van der Waals surface area contributed by atoms with E-state index < -0.39 is 0 Å². The maximum atomic E-state index is 4.50. The molecular weight excluding hydrogens is 242 g/mol. The van der Waals surface area contributed by atoms with Crippen LogP contribution in [0, 0.1) is 29.1 Å². The lowest BCUT2D eigenvalue weighted by atomic mass is 9.75. The summed E-state index contributed by atoms with van der Waals surface area (Å²) in [5.41, 5.74) is 3.47. The zero-order valence-electron chi connectivity index (χ0n) is 12.0. The summed E-state index contributed by atoms with van der Waals surface area (Å²) in [4.78, 5) is 4.50. The molecule has 1 nitrogen and oxygen atoms in total. The van der Waals surface area contributed by atoms with Crippen molar-refractivity contribution < 1.29 is 0 Å². The number of hydrogen-bond donors (Lipinski definition) is 0. The molecule has 0 N–H and O–H groups in total. The van der Waals surface area contributed by atoms with Crippen LogP contribution in [0.2, 0.25) is 0 Å². The molecule has 2 aromatic rings. The fraction of sp³-hybridized carbons (Fsp3) is 0.526. The first-order chi connectivity index (χ1) is 9.79. The van der Waals surface area contributed by atoms with Crippen molar-refractivity contribution in [2.45, 2.75) is 32.6 Å². The van der Waals surface area contributed by atoms with Gasteiger partial charge in [0.2, 0.25) is 0 Å². The second kappa shape index (κ2) is 3.63. The molecule has 0 amide bonds. The molecular formula is C19H21N. The third-order valence-electron chi connectivity index (χ3n) is 6.87. The number of benzene rings is 1. The van der Waals surface area contributed by atoms with Gasteiger partial charge in [0.25, 0.3) is 0 Å². The lowest BCUT2D eigenvalue weighted by Crippen LogP contribution is -2.22. The Morgan fingerprint density at radius 1 is 1.25 bits per heavy atom. The van der Waals surface area contributed by atoms with Gasteiger partial charge < -0.3 is 0 Å². The first-order valence-corrected chi connectivity index (χ1v) is 8.12. The van der Waals surface area contributed by atoms with E-state index in [0.717, 1.165) is 34.6 Å². The molecule has 4 unspecified atom stereocenters. The predicted molar refractivity (Wildman–Crippen MR) is 81.4 cm³/mol. The summed E-state index contributed by atoms with van der Waals surface area (Å²) >= 11 is 0. The number of rotatable bonds is 2. The third kappa shape index (κ3) is 1.27. The van der Waals surface area contributed by atoms with E-state index in [4.69, 9.17) is 0 Å². The van der Waals surface area contributed by atoms with Crippen LogP contribution in [0.5, 0.6) is 0 Å². The van der Waals surface area contributed by atoms with Gasteiger partial charge in [-0.3, -0.25) is 4.98 Å². The summed E-state index contributed by atoms with van der Waals surface area (Å²) in [7, 11) is 0. The van der Waals surface area contributed by atoms with E-state index in [1.54, 1.807) is 0 Å². The maximum absolute atomic E-state index is 4.50. The van der Waals surface area contributed by atoms with Gasteiger partial charge in [0.15, 0.2) is 0 Å². The predicted octanol–water partition coefficient (Wildman–Crippen LogP) is 4.46. The number of hydrogen-bond acceptors (Lipinski definition) is 1. The molecule has 1 aromatic carbocycles. The van der Waals surface area contributed by atoms with Gasteiger partial charge >= 0.3 is 0 Å². The second-order valence-electron chi connectivity index (χ2n) is 7.41. The summed E-state index contributed by atoms with van der Waals surface area (Å²) in [6.45, 7) is 2.49. The number of fused-ring (bicyclic) bond motifs is 1. The average molecular weight is 263 g/mol. The normalized spacial score (nSPS) is 41.0. The number of nitrogens with zero attached hydrogens (tertiary/aromatic N) is 1. The average Bonchev–Trinajstić information content (AvgIpc) is 2.81. The first-order valence-electron chi connectivity index (χ1n) is 8.12. The number of aromatic nitrogens is 1. The van der Waals surface area contributed by atoms with Crippen LogP contribution in [-0.4, -0.2) is 4.98 Å². The van der Waals surface area contributed by atoms with Gasteiger partial charge in [-0.1, -0.05) is 25.1 Å². The second-order valence-corrected chi connectivity index (χ2v) is 7.41. The van der Waals surface area contributed by atoms with Gasteiger partial charge in [-0.25, -0.2) is 0 Å². The van der Waals surface area contributed by atoms with Gasteiger partial charge in [0, 0.05) is 11.6 Å². The summed E-state index contributed by atoms with van der Waals surface area (Å²) in [5.74, 6) is 4.08. The van der Waals surface area contributed by atoms with E-state index >= 15 is 0 Å². The summed E-state index contributed by atoms with van der Waals surface area (Å²) in [5, 5.41) is 1.37. The minimum atomic E-state index is 0.790. The standard InChI is InChI=1S/C19H21N/c1-12-18-16-6-8-19(12,18)11-14(16)10-13-7-9-20-17-5-3-2-4-15(13)17/h2-5,7,9,12,14,16,18H,6,8,10-11H2,1H3/t12?,14?,16?,18?,19-/m1/s1. The molecule has 0 saturated heterocycles. The Labute approximate surface area is 120 Å². The molecule has 20 heavy (non-hydrogen) atoms. The van der Waals surface area contributed by atoms with Crippen LogP contribution in [0.3, 0.4) is 0 Å². The van der Waals surface area contributed by atoms with Crippen LogP contribution >= 0.6 is 0 Å². The van der Waals surface area contributed by atoms with Gasteiger partial charge in [0.05, 0.1) is 5.52 Å². The molecule has 0 aliphatic heterocycles. The minimum absolute atomic E-state index is 0.790. The summed E-state index contributed by atoms with van der Waals surface area (Å²) < 4.78 is 0. The number of pyridine rings is 1. The molecule has 102 valence electrons. The van der Waals surface area contributed by atoms with E-state index in [9.17, 15) is 0 Å². The van der Waals surface area contributed by atoms with E-state index in [1.165, 1.54) is 36.6 Å². The monoisotopic (exact) mass is 263 g/mol. The lowest BCUT2D eigenvalue weighted by molar-refractivity contribution is 0.223. The molecule has 3 aliphatic rings.